The number of carbonyl (C=O) groups is 1. The molecule has 0 heterocycles. The van der Waals surface area contributed by atoms with Gasteiger partial charge in [-0.1, -0.05) is 28.1 Å². The van der Waals surface area contributed by atoms with Crippen LogP contribution in [0.25, 0.3) is 0 Å². The van der Waals surface area contributed by atoms with Crippen LogP contribution in [0.4, 0.5) is 0 Å². The summed E-state index contributed by atoms with van der Waals surface area (Å²) in [4.78, 5) is 13.8. The summed E-state index contributed by atoms with van der Waals surface area (Å²) < 4.78 is 12.5. The Balaban J connectivity index is 1.91. The topological polar surface area (TPSA) is 38.8 Å². The molecule has 4 nitrogen and oxygen atoms in total. The molecule has 0 aliphatic heterocycles. The Morgan fingerprint density at radius 2 is 1.96 bits per heavy atom. The lowest BCUT2D eigenvalue weighted by Crippen LogP contribution is -2.31. The van der Waals surface area contributed by atoms with Crippen LogP contribution in [0.15, 0.2) is 51.4 Å². The third-order valence-electron chi connectivity index (χ3n) is 3.22. The van der Waals surface area contributed by atoms with Crippen LogP contribution in [0.1, 0.15) is 5.56 Å². The van der Waals surface area contributed by atoms with Gasteiger partial charge in [-0.2, -0.15) is 0 Å². The maximum Gasteiger partial charge on any atom is 0.260 e. The zero-order valence-electron chi connectivity index (χ0n) is 12.9. The zero-order valence-corrected chi connectivity index (χ0v) is 16.1. The molecule has 6 heteroatoms. The zero-order chi connectivity index (χ0) is 16.8. The smallest absolute Gasteiger partial charge is 0.260 e. The van der Waals surface area contributed by atoms with Gasteiger partial charge in [0.05, 0.1) is 11.6 Å². The van der Waals surface area contributed by atoms with Gasteiger partial charge < -0.3 is 14.4 Å². The highest BCUT2D eigenvalue weighted by Gasteiger charge is 2.12. The van der Waals surface area contributed by atoms with Crippen LogP contribution in [0.5, 0.6) is 11.5 Å². The molecule has 0 aliphatic carbocycles. The second kappa shape index (κ2) is 8.36. The van der Waals surface area contributed by atoms with Crippen LogP contribution in [-0.4, -0.2) is 31.6 Å². The van der Waals surface area contributed by atoms with E-state index in [-0.39, 0.29) is 12.5 Å². The Morgan fingerprint density at radius 3 is 2.65 bits per heavy atom. The number of benzene rings is 2. The Kier molecular flexibility index (Phi) is 6.47. The van der Waals surface area contributed by atoms with Gasteiger partial charge in [0.2, 0.25) is 0 Å². The van der Waals surface area contributed by atoms with E-state index in [1.807, 2.05) is 42.5 Å². The number of hydrogen-bond acceptors (Lipinski definition) is 3. The molecule has 0 bridgehead atoms. The number of methoxy groups -OCH3 is 1. The Morgan fingerprint density at radius 1 is 1.17 bits per heavy atom. The lowest BCUT2D eigenvalue weighted by atomic mass is 10.2. The monoisotopic (exact) mass is 441 g/mol. The number of hydrogen-bond donors (Lipinski definition) is 0. The molecule has 0 saturated carbocycles. The average Bonchev–Trinajstić information content (AvgIpc) is 2.54. The van der Waals surface area contributed by atoms with Crippen molar-refractivity contribution in [2.45, 2.75) is 6.54 Å². The fraction of sp³-hybridized carbons (Fsp3) is 0.235. The van der Waals surface area contributed by atoms with Crippen molar-refractivity contribution < 1.29 is 14.3 Å². The van der Waals surface area contributed by atoms with Crippen LogP contribution in [0.3, 0.4) is 0 Å². The van der Waals surface area contributed by atoms with Gasteiger partial charge in [-0.3, -0.25) is 4.79 Å². The van der Waals surface area contributed by atoms with Crippen LogP contribution >= 0.6 is 31.9 Å². The quantitative estimate of drug-likeness (QED) is 0.670. The normalized spacial score (nSPS) is 10.3. The van der Waals surface area contributed by atoms with E-state index < -0.39 is 0 Å². The highest BCUT2D eigenvalue weighted by atomic mass is 79.9. The van der Waals surface area contributed by atoms with Crippen molar-refractivity contribution in [3.8, 4) is 11.5 Å². The molecule has 2 rings (SSSR count). The highest BCUT2D eigenvalue weighted by molar-refractivity contribution is 9.11. The number of carbonyl (C=O) groups excluding carboxylic acids is 1. The number of ether oxygens (including phenoxy) is 2. The van der Waals surface area contributed by atoms with Crippen molar-refractivity contribution in [1.29, 1.82) is 0 Å². The Labute approximate surface area is 152 Å². The first kappa shape index (κ1) is 17.8. The highest BCUT2D eigenvalue weighted by Crippen LogP contribution is 2.28. The van der Waals surface area contributed by atoms with E-state index in [0.29, 0.717) is 12.3 Å². The van der Waals surface area contributed by atoms with Gasteiger partial charge in [0.15, 0.2) is 6.61 Å². The SMILES string of the molecule is COc1cccc(CN(C)C(=O)COc2ccc(Br)cc2Br)c1. The molecule has 2 aromatic carbocycles. The lowest BCUT2D eigenvalue weighted by Gasteiger charge is -2.18. The molecule has 0 fully saturated rings. The van der Waals surface area contributed by atoms with E-state index in [2.05, 4.69) is 31.9 Å². The molecule has 0 radical (unpaired) electrons. The summed E-state index contributed by atoms with van der Waals surface area (Å²) in [5, 5.41) is 0. The van der Waals surface area contributed by atoms with Gasteiger partial charge in [-0.05, 0) is 51.8 Å². The molecule has 0 aliphatic rings. The predicted molar refractivity (Wildman–Crippen MR) is 96.8 cm³/mol. The molecule has 0 spiro atoms. The molecule has 0 N–H and O–H groups in total. The lowest BCUT2D eigenvalue weighted by molar-refractivity contribution is -0.132. The van der Waals surface area contributed by atoms with Crippen molar-refractivity contribution >= 4 is 37.8 Å². The fourth-order valence-corrected chi connectivity index (χ4v) is 3.14. The van der Waals surface area contributed by atoms with E-state index in [1.54, 1.807) is 19.1 Å². The number of halogens is 2. The van der Waals surface area contributed by atoms with Crippen molar-refractivity contribution in [3.05, 3.63) is 57.0 Å². The van der Waals surface area contributed by atoms with E-state index in [1.165, 1.54) is 0 Å². The average molecular weight is 443 g/mol. The van der Waals surface area contributed by atoms with Crippen molar-refractivity contribution in [3.63, 3.8) is 0 Å². The first-order valence-electron chi connectivity index (χ1n) is 6.94. The summed E-state index contributed by atoms with van der Waals surface area (Å²) in [5.74, 6) is 1.32. The third kappa shape index (κ3) is 5.25. The summed E-state index contributed by atoms with van der Waals surface area (Å²) in [5.41, 5.74) is 1.00. The Hall–Kier alpha value is -1.53. The third-order valence-corrected chi connectivity index (χ3v) is 4.34. The second-order valence-electron chi connectivity index (χ2n) is 4.96. The minimum Gasteiger partial charge on any atom is -0.497 e. The number of rotatable bonds is 6. The van der Waals surface area contributed by atoms with Gasteiger partial charge >= 0.3 is 0 Å². The number of nitrogens with zero attached hydrogens (tertiary/aromatic N) is 1. The summed E-state index contributed by atoms with van der Waals surface area (Å²) in [6, 6.07) is 13.2. The maximum absolute atomic E-state index is 12.2. The van der Waals surface area contributed by atoms with Crippen molar-refractivity contribution in [1.82, 2.24) is 4.90 Å². The van der Waals surface area contributed by atoms with Gasteiger partial charge in [-0.15, -0.1) is 0 Å². The molecule has 0 saturated heterocycles. The molecule has 122 valence electrons. The fourth-order valence-electron chi connectivity index (χ4n) is 1.97. The second-order valence-corrected chi connectivity index (χ2v) is 6.73. The minimum absolute atomic E-state index is 0.0132. The summed E-state index contributed by atoms with van der Waals surface area (Å²) in [7, 11) is 3.37. The predicted octanol–water partition coefficient (Wildman–Crippen LogP) is 4.26. The molecule has 0 atom stereocenters. The van der Waals surface area contributed by atoms with E-state index in [0.717, 1.165) is 20.3 Å². The van der Waals surface area contributed by atoms with E-state index in [9.17, 15) is 4.79 Å². The molecule has 0 unspecified atom stereocenters. The van der Waals surface area contributed by atoms with Crippen LogP contribution in [-0.2, 0) is 11.3 Å². The van der Waals surface area contributed by atoms with E-state index >= 15 is 0 Å². The Bertz CT molecular complexity index is 691. The molecule has 0 aromatic heterocycles. The first-order valence-corrected chi connectivity index (χ1v) is 8.53. The molecule has 23 heavy (non-hydrogen) atoms. The van der Waals surface area contributed by atoms with E-state index in [4.69, 9.17) is 9.47 Å². The first-order chi connectivity index (χ1) is 11.0. The van der Waals surface area contributed by atoms with Crippen LogP contribution in [0.2, 0.25) is 0 Å². The summed E-state index contributed by atoms with van der Waals surface area (Å²) in [6.07, 6.45) is 0. The van der Waals surface area contributed by atoms with Gasteiger partial charge in [0.25, 0.3) is 5.91 Å². The number of likely N-dealkylation sites (N-methyl/N-ethyl adjacent to an activating group) is 1. The summed E-state index contributed by atoms with van der Waals surface area (Å²) >= 11 is 6.79. The maximum atomic E-state index is 12.2. The molecule has 1 amide bonds. The van der Waals surface area contributed by atoms with Gasteiger partial charge in [-0.25, -0.2) is 0 Å². The van der Waals surface area contributed by atoms with Crippen molar-refractivity contribution in [2.75, 3.05) is 20.8 Å². The van der Waals surface area contributed by atoms with Crippen LogP contribution in [0, 0.1) is 0 Å². The molecule has 2 aromatic rings. The van der Waals surface area contributed by atoms with Crippen LogP contribution < -0.4 is 9.47 Å². The summed E-state index contributed by atoms with van der Waals surface area (Å²) in [6.45, 7) is 0.488. The van der Waals surface area contributed by atoms with Gasteiger partial charge in [0, 0.05) is 18.1 Å². The standard InChI is InChI=1S/C17H17Br2NO3/c1-20(10-12-4-3-5-14(8-12)22-2)17(21)11-23-16-7-6-13(18)9-15(16)19/h3-9H,10-11H2,1-2H3. The van der Waals surface area contributed by atoms with Crippen molar-refractivity contribution in [2.24, 2.45) is 0 Å². The van der Waals surface area contributed by atoms with Gasteiger partial charge in [0.1, 0.15) is 11.5 Å². The molecular formula is C17H17Br2NO3. The largest absolute Gasteiger partial charge is 0.497 e. The number of amides is 1. The molecular weight excluding hydrogens is 426 g/mol. The minimum atomic E-state index is -0.0948.